The van der Waals surface area contributed by atoms with Crippen molar-refractivity contribution in [3.05, 3.63) is 85.5 Å². The minimum atomic E-state index is -1.36. The number of halogens is 1. The van der Waals surface area contributed by atoms with Gasteiger partial charge in [-0.15, -0.1) is 13.2 Å². The largest absolute Gasteiger partial charge is 0.497 e. The van der Waals surface area contributed by atoms with Gasteiger partial charge in [0.1, 0.15) is 23.5 Å². The third-order valence-corrected chi connectivity index (χ3v) is 10.7. The number of carbonyl (C=O) groups excluding carboxylic acids is 4. The molecule has 0 radical (unpaired) electrons. The molecule has 8 atom stereocenters. The summed E-state index contributed by atoms with van der Waals surface area (Å²) < 4.78 is 23.7. The molecule has 2 aromatic rings. The van der Waals surface area contributed by atoms with Crippen LogP contribution in [0.2, 0.25) is 0 Å². The molecule has 2 aromatic carbocycles. The summed E-state index contributed by atoms with van der Waals surface area (Å²) in [6.07, 6.45) is 2.69. The number of allylic oxidation sites excluding steroid dienone is 1. The van der Waals surface area contributed by atoms with Gasteiger partial charge in [0.15, 0.2) is 0 Å². The summed E-state index contributed by atoms with van der Waals surface area (Å²) in [5.41, 5.74) is -0.162. The van der Waals surface area contributed by atoms with E-state index in [2.05, 4.69) is 34.4 Å². The van der Waals surface area contributed by atoms with Crippen LogP contribution in [0.25, 0.3) is 0 Å². The van der Waals surface area contributed by atoms with Gasteiger partial charge in [-0.2, -0.15) is 0 Å². The molecule has 3 fully saturated rings. The second kappa shape index (κ2) is 17.0. The fraction of sp³-hybridized carbons (Fsp3) is 0.474. The molecule has 3 saturated heterocycles. The van der Waals surface area contributed by atoms with E-state index in [1.165, 1.54) is 16.9 Å². The maximum atomic E-state index is 14.7. The Morgan fingerprint density at radius 1 is 1.14 bits per heavy atom. The molecule has 3 amide bonds. The van der Waals surface area contributed by atoms with Crippen LogP contribution in [-0.2, 0) is 33.4 Å². The molecule has 1 unspecified atom stereocenters. The van der Waals surface area contributed by atoms with E-state index in [9.17, 15) is 24.3 Å². The zero-order valence-electron chi connectivity index (χ0n) is 28.9. The van der Waals surface area contributed by atoms with Crippen molar-refractivity contribution in [3.8, 4) is 5.75 Å². The van der Waals surface area contributed by atoms with E-state index < -0.39 is 59.5 Å². The Morgan fingerprint density at radius 2 is 1.86 bits per heavy atom. The number of benzene rings is 2. The molecule has 3 heterocycles. The van der Waals surface area contributed by atoms with Gasteiger partial charge in [-0.3, -0.25) is 19.2 Å². The number of likely N-dealkylation sites (tertiary alicyclic amines) is 1. The number of amides is 3. The van der Waals surface area contributed by atoms with Gasteiger partial charge in [0.05, 0.1) is 37.7 Å². The Bertz CT molecular complexity index is 1570. The Labute approximate surface area is 306 Å². The predicted molar refractivity (Wildman–Crippen MR) is 193 cm³/mol. The zero-order chi connectivity index (χ0) is 36.7. The number of hydrogen-bond acceptors (Lipinski definition) is 9. The summed E-state index contributed by atoms with van der Waals surface area (Å²) in [7, 11) is 3.04. The molecule has 3 aliphatic rings. The molecule has 51 heavy (non-hydrogen) atoms. The summed E-state index contributed by atoms with van der Waals surface area (Å²) in [4.78, 5) is 59.2. The maximum Gasteiger partial charge on any atom is 0.313 e. The fourth-order valence-electron chi connectivity index (χ4n) is 7.65. The summed E-state index contributed by atoms with van der Waals surface area (Å²) in [5, 5.41) is 12.7. The minimum absolute atomic E-state index is 0.0423. The average molecular weight is 769 g/mol. The second-order valence-electron chi connectivity index (χ2n) is 12.9. The monoisotopic (exact) mass is 767 g/mol. The number of hydrogen-bond donors (Lipinski definition) is 2. The van der Waals surface area contributed by atoms with Gasteiger partial charge in [0, 0.05) is 43.7 Å². The van der Waals surface area contributed by atoms with E-state index in [1.54, 1.807) is 67.8 Å². The Hall–Kier alpha value is -4.04. The highest BCUT2D eigenvalue weighted by Crippen LogP contribution is 2.60. The van der Waals surface area contributed by atoms with Gasteiger partial charge in [-0.1, -0.05) is 58.4 Å². The summed E-state index contributed by atoms with van der Waals surface area (Å²) in [5.74, 6) is -3.24. The molecule has 2 bridgehead atoms. The molecule has 0 aromatic heterocycles. The maximum absolute atomic E-state index is 14.7. The van der Waals surface area contributed by atoms with Crippen molar-refractivity contribution >= 4 is 45.3 Å². The fourth-order valence-corrected chi connectivity index (χ4v) is 8.59. The number of carbonyl (C=O) groups is 4. The van der Waals surface area contributed by atoms with Crippen molar-refractivity contribution in [3.63, 3.8) is 0 Å². The third-order valence-electron chi connectivity index (χ3n) is 9.82. The number of nitrogens with one attached hydrogen (secondary N) is 1. The molecule has 0 aliphatic carbocycles. The summed E-state index contributed by atoms with van der Waals surface area (Å²) in [6, 6.07) is 14.2. The van der Waals surface area contributed by atoms with E-state index in [4.69, 9.17) is 18.9 Å². The smallest absolute Gasteiger partial charge is 0.313 e. The standard InChI is InChI=1S/C38H46BrN3O9/c1-5-7-14-29(44)40-28(23-48-3)32(24-12-9-8-10-13-24)50-37(47)30-31-35(45)42(20-11-21-43)34(38(31)22-27(39)33(30)51-38)36(46)41(19-6-2)25-15-17-26(49-4)18-16-25/h5-6,8-10,12-13,15-18,27-28,30-34,43H,1-2,7,11,14,19-23H2,3-4H3,(H,40,44)/t27?,28-,30+,31-,32-,33+,34+,38-/m1/s1. The van der Waals surface area contributed by atoms with E-state index in [0.717, 1.165) is 0 Å². The topological polar surface area (TPSA) is 144 Å². The molecule has 0 saturated carbocycles. The number of methoxy groups -OCH3 is 2. The second-order valence-corrected chi connectivity index (χ2v) is 14.1. The molecule has 2 N–H and O–H groups in total. The normalized spacial score (nSPS) is 25.8. The summed E-state index contributed by atoms with van der Waals surface area (Å²) in [6.45, 7) is 7.60. The Morgan fingerprint density at radius 3 is 2.49 bits per heavy atom. The minimum Gasteiger partial charge on any atom is -0.497 e. The van der Waals surface area contributed by atoms with Gasteiger partial charge in [0.2, 0.25) is 11.8 Å². The first kappa shape index (κ1) is 38.2. The Kier molecular flexibility index (Phi) is 12.7. The van der Waals surface area contributed by atoms with Crippen LogP contribution < -0.4 is 15.0 Å². The molecule has 274 valence electrons. The molecular formula is C38H46BrN3O9. The number of nitrogens with zero attached hydrogens (tertiary/aromatic N) is 2. The van der Waals surface area contributed by atoms with Crippen LogP contribution in [0.4, 0.5) is 5.69 Å². The number of aliphatic hydroxyl groups is 1. The van der Waals surface area contributed by atoms with Crippen molar-refractivity contribution in [1.82, 2.24) is 10.2 Å². The van der Waals surface area contributed by atoms with Crippen molar-refractivity contribution in [2.24, 2.45) is 11.8 Å². The van der Waals surface area contributed by atoms with E-state index in [1.807, 2.05) is 6.07 Å². The Balaban J connectivity index is 1.51. The summed E-state index contributed by atoms with van der Waals surface area (Å²) >= 11 is 3.71. The van der Waals surface area contributed by atoms with Crippen molar-refractivity contribution < 1.29 is 43.2 Å². The number of aliphatic hydroxyl groups excluding tert-OH is 1. The van der Waals surface area contributed by atoms with Crippen LogP contribution in [-0.4, -0.2) is 103 Å². The number of rotatable bonds is 18. The highest BCUT2D eigenvalue weighted by Gasteiger charge is 2.77. The highest BCUT2D eigenvalue weighted by atomic mass is 79.9. The first-order chi connectivity index (χ1) is 24.6. The number of ether oxygens (including phenoxy) is 4. The van der Waals surface area contributed by atoms with Crippen LogP contribution in [0.5, 0.6) is 5.75 Å². The number of alkyl halides is 1. The van der Waals surface area contributed by atoms with Crippen LogP contribution in [0.3, 0.4) is 0 Å². The lowest BCUT2D eigenvalue weighted by Crippen LogP contribution is -2.57. The van der Waals surface area contributed by atoms with Crippen molar-refractivity contribution in [2.45, 2.75) is 60.4 Å². The highest BCUT2D eigenvalue weighted by molar-refractivity contribution is 9.09. The molecular weight excluding hydrogens is 722 g/mol. The molecule has 3 aliphatic heterocycles. The van der Waals surface area contributed by atoms with Gasteiger partial charge < -0.3 is 39.2 Å². The first-order valence-electron chi connectivity index (χ1n) is 17.1. The quantitative estimate of drug-likeness (QED) is 0.132. The lowest BCUT2D eigenvalue weighted by molar-refractivity contribution is -0.163. The first-order valence-corrected chi connectivity index (χ1v) is 18.0. The number of anilines is 1. The molecule has 5 rings (SSSR count). The van der Waals surface area contributed by atoms with Crippen LogP contribution in [0.15, 0.2) is 79.9 Å². The van der Waals surface area contributed by atoms with E-state index in [-0.39, 0.29) is 49.9 Å². The molecule has 12 nitrogen and oxygen atoms in total. The molecule has 1 spiro atoms. The van der Waals surface area contributed by atoms with E-state index >= 15 is 0 Å². The molecule has 13 heteroatoms. The van der Waals surface area contributed by atoms with Crippen LogP contribution >= 0.6 is 15.9 Å². The number of esters is 1. The van der Waals surface area contributed by atoms with Crippen molar-refractivity contribution in [1.29, 1.82) is 0 Å². The van der Waals surface area contributed by atoms with Crippen LogP contribution in [0.1, 0.15) is 37.4 Å². The lowest BCUT2D eigenvalue weighted by atomic mass is 9.70. The van der Waals surface area contributed by atoms with Gasteiger partial charge in [-0.05, 0) is 49.1 Å². The van der Waals surface area contributed by atoms with E-state index in [0.29, 0.717) is 29.8 Å². The van der Waals surface area contributed by atoms with Gasteiger partial charge in [0.25, 0.3) is 5.91 Å². The SMILES string of the molecule is C=CCCC(=O)N[C@H](COC)[C@H](OC(=O)[C@@H]1[C@H]2O[C@@]3(CC2Br)[C@H](C(=O)N(CC=C)c2ccc(OC)cc2)N(CCCO)C(=O)[C@@H]13)c1ccccc1. The lowest BCUT2D eigenvalue weighted by Gasteiger charge is -2.37. The number of fused-ring (bicyclic) bond motifs is 1. The van der Waals surface area contributed by atoms with Crippen molar-refractivity contribution in [2.75, 3.05) is 45.4 Å². The van der Waals surface area contributed by atoms with Gasteiger partial charge in [-0.25, -0.2) is 0 Å². The van der Waals surface area contributed by atoms with Crippen LogP contribution in [0, 0.1) is 11.8 Å². The predicted octanol–water partition coefficient (Wildman–Crippen LogP) is 3.73. The average Bonchev–Trinajstić information content (AvgIpc) is 3.73. The zero-order valence-corrected chi connectivity index (χ0v) is 30.5. The third kappa shape index (κ3) is 7.62. The van der Waals surface area contributed by atoms with Gasteiger partial charge >= 0.3 is 5.97 Å².